The Morgan fingerprint density at radius 2 is 2.00 bits per heavy atom. The van der Waals surface area contributed by atoms with Gasteiger partial charge in [-0.2, -0.15) is 19.4 Å². The molecule has 0 radical (unpaired) electrons. The number of nitrogens with one attached hydrogen (secondary N) is 1. The van der Waals surface area contributed by atoms with E-state index in [1.807, 2.05) is 34.6 Å². The van der Waals surface area contributed by atoms with E-state index in [4.69, 9.17) is 19.7 Å². The molecular formula is C26H35N7O3S. The molecule has 0 atom stereocenters. The van der Waals surface area contributed by atoms with Crippen molar-refractivity contribution in [2.24, 2.45) is 4.40 Å². The number of nitrogens with zero attached hydrogens (tertiary/aromatic N) is 6. The van der Waals surface area contributed by atoms with Crippen LogP contribution in [0.15, 0.2) is 16.7 Å². The molecule has 1 amide bonds. The number of aromatic nitrogens is 4. The van der Waals surface area contributed by atoms with Crippen molar-refractivity contribution in [1.82, 2.24) is 30.2 Å². The Bertz CT molecular complexity index is 1310. The summed E-state index contributed by atoms with van der Waals surface area (Å²) in [6.07, 6.45) is 2.10. The molecule has 37 heavy (non-hydrogen) atoms. The fourth-order valence-corrected chi connectivity index (χ4v) is 5.10. The maximum atomic E-state index is 12.7. The summed E-state index contributed by atoms with van der Waals surface area (Å²) in [5.74, 6) is 1.83. The number of likely N-dealkylation sites (N-methyl/N-ethyl adjacent to an activating group) is 1. The zero-order valence-corrected chi connectivity index (χ0v) is 23.6. The van der Waals surface area contributed by atoms with Gasteiger partial charge in [-0.1, -0.05) is 0 Å². The van der Waals surface area contributed by atoms with Crippen LogP contribution in [0.1, 0.15) is 54.4 Å². The van der Waals surface area contributed by atoms with Crippen LogP contribution in [0, 0.1) is 13.8 Å². The fraction of sp³-hybridized carbons (Fsp3) is 0.500. The number of carbonyl (C=O) groups is 1. The summed E-state index contributed by atoms with van der Waals surface area (Å²) < 4.78 is 15.7. The number of alkyl carbamates (subject to hydrolysis) is 1. The first-order valence-corrected chi connectivity index (χ1v) is 13.1. The summed E-state index contributed by atoms with van der Waals surface area (Å²) in [5.41, 5.74) is 6.74. The second-order valence-corrected chi connectivity index (χ2v) is 11.2. The van der Waals surface area contributed by atoms with Crippen LogP contribution in [0.2, 0.25) is 0 Å². The summed E-state index contributed by atoms with van der Waals surface area (Å²) in [5, 5.41) is 12.5. The lowest BCUT2D eigenvalue weighted by atomic mass is 10.1. The second kappa shape index (κ2) is 10.7. The fourth-order valence-electron chi connectivity index (χ4n) is 4.31. The lowest BCUT2D eigenvalue weighted by Gasteiger charge is -2.20. The van der Waals surface area contributed by atoms with Crippen molar-refractivity contribution in [2.45, 2.75) is 58.9 Å². The average Bonchev–Trinajstić information content (AvgIpc) is 3.04. The van der Waals surface area contributed by atoms with Gasteiger partial charge >= 0.3 is 6.09 Å². The molecule has 1 N–H and O–H groups in total. The first kappa shape index (κ1) is 26.9. The largest absolute Gasteiger partial charge is 0.496 e. The molecule has 1 aliphatic carbocycles. The summed E-state index contributed by atoms with van der Waals surface area (Å²) in [4.78, 5) is 21.1. The Morgan fingerprint density at radius 1 is 1.24 bits per heavy atom. The van der Waals surface area contributed by atoms with Crippen LogP contribution in [0.25, 0.3) is 11.3 Å². The molecule has 11 heteroatoms. The summed E-state index contributed by atoms with van der Waals surface area (Å²) in [6.45, 7) is 10.7. The van der Waals surface area contributed by atoms with Gasteiger partial charge in [0.25, 0.3) is 0 Å². The molecule has 0 saturated heterocycles. The maximum absolute atomic E-state index is 12.7. The predicted molar refractivity (Wildman–Crippen MR) is 145 cm³/mol. The molecule has 3 aliphatic rings. The van der Waals surface area contributed by atoms with Crippen LogP contribution in [-0.2, 0) is 23.5 Å². The predicted octanol–water partition coefficient (Wildman–Crippen LogP) is 3.99. The van der Waals surface area contributed by atoms with Crippen molar-refractivity contribution < 1.29 is 14.3 Å². The van der Waals surface area contributed by atoms with E-state index in [0.717, 1.165) is 52.4 Å². The smallest absolute Gasteiger partial charge is 0.413 e. The van der Waals surface area contributed by atoms with Gasteiger partial charge in [0, 0.05) is 35.2 Å². The zero-order chi connectivity index (χ0) is 26.9. The molecule has 0 fully saturated rings. The van der Waals surface area contributed by atoms with Crippen LogP contribution in [0.3, 0.4) is 0 Å². The molecule has 0 saturated carbocycles. The van der Waals surface area contributed by atoms with Crippen LogP contribution >= 0.6 is 11.9 Å². The van der Waals surface area contributed by atoms with Gasteiger partial charge in [0.1, 0.15) is 23.6 Å². The molecule has 0 aromatic carbocycles. The topological polar surface area (TPSA) is 107 Å². The van der Waals surface area contributed by atoms with E-state index >= 15 is 0 Å². The molecule has 0 bridgehead atoms. The minimum Gasteiger partial charge on any atom is -0.496 e. The highest BCUT2D eigenvalue weighted by Crippen LogP contribution is 2.38. The molecule has 198 valence electrons. The molecule has 4 rings (SSSR count). The number of carbonyl (C=O) groups excluding carboxylic acids is 1. The third-order valence-electron chi connectivity index (χ3n) is 6.01. The minimum absolute atomic E-state index is 0.339. The molecule has 0 unspecified atom stereocenters. The van der Waals surface area contributed by atoms with Gasteiger partial charge < -0.3 is 14.4 Å². The number of ether oxygens (including phenoxy) is 2. The Morgan fingerprint density at radius 3 is 2.68 bits per heavy atom. The SMILES string of the molecule is COc1c(C)cnc(Cn2nc3cc(CCN(C)C)c4c-3c(n2)C(NC(=O)OC(C)(C)C)=NSC4)c1C. The number of rotatable bonds is 6. The van der Waals surface area contributed by atoms with E-state index in [0.29, 0.717) is 23.8 Å². The monoisotopic (exact) mass is 525 g/mol. The van der Waals surface area contributed by atoms with Gasteiger partial charge in [-0.05, 0) is 84.3 Å². The van der Waals surface area contributed by atoms with E-state index < -0.39 is 11.7 Å². The molecule has 10 nitrogen and oxygen atoms in total. The summed E-state index contributed by atoms with van der Waals surface area (Å²) in [7, 11) is 5.78. The highest BCUT2D eigenvalue weighted by Gasteiger charge is 2.30. The first-order chi connectivity index (χ1) is 17.5. The van der Waals surface area contributed by atoms with Crippen molar-refractivity contribution in [1.29, 1.82) is 0 Å². The quantitative estimate of drug-likeness (QED) is 0.482. The highest BCUT2D eigenvalue weighted by atomic mass is 32.2. The molecule has 1 aromatic rings. The Balaban J connectivity index is 1.79. The van der Waals surface area contributed by atoms with Crippen LogP contribution < -0.4 is 10.1 Å². The van der Waals surface area contributed by atoms with Gasteiger partial charge in [-0.3, -0.25) is 10.3 Å². The van der Waals surface area contributed by atoms with Gasteiger partial charge in [-0.25, -0.2) is 4.79 Å². The Labute approximate surface area is 222 Å². The number of hydrogen-bond acceptors (Lipinski definition) is 9. The molecular weight excluding hydrogens is 490 g/mol. The Hall–Kier alpha value is -3.18. The lowest BCUT2D eigenvalue weighted by molar-refractivity contribution is 0.0563. The third-order valence-corrected chi connectivity index (χ3v) is 6.74. The standard InChI is InChI=1S/C26H35N7O3S/c1-15-12-27-20(16(2)23(15)35-8)13-33-29-19-11-17(9-10-32(6)7)18-14-37-31-24(22(30-33)21(18)19)28-25(34)36-26(3,4)5/h11-12H,9-10,13-14H2,1-8H3,(H,28,31,34). The van der Waals surface area contributed by atoms with Crippen LogP contribution in [-0.4, -0.2) is 70.2 Å². The van der Waals surface area contributed by atoms with Crippen molar-refractivity contribution in [3.05, 3.63) is 45.9 Å². The van der Waals surface area contributed by atoms with Gasteiger partial charge in [0.15, 0.2) is 5.84 Å². The first-order valence-electron chi connectivity index (χ1n) is 12.2. The lowest BCUT2D eigenvalue weighted by Crippen LogP contribution is -2.37. The third kappa shape index (κ3) is 6.04. The average molecular weight is 526 g/mol. The normalized spacial score (nSPS) is 13.5. The van der Waals surface area contributed by atoms with E-state index in [2.05, 4.69) is 39.8 Å². The molecule has 2 aliphatic heterocycles. The number of amidine groups is 1. The van der Waals surface area contributed by atoms with Crippen LogP contribution in [0.4, 0.5) is 4.79 Å². The van der Waals surface area contributed by atoms with E-state index in [-0.39, 0.29) is 0 Å². The number of pyridine rings is 1. The van der Waals surface area contributed by atoms with E-state index in [9.17, 15) is 4.79 Å². The Kier molecular flexibility index (Phi) is 7.75. The van der Waals surface area contributed by atoms with E-state index in [1.54, 1.807) is 18.1 Å². The number of aryl methyl sites for hydroxylation is 1. The second-order valence-electron chi connectivity index (χ2n) is 10.4. The molecule has 3 heterocycles. The number of amides is 1. The summed E-state index contributed by atoms with van der Waals surface area (Å²) >= 11 is 1.38. The molecule has 1 aromatic heterocycles. The maximum Gasteiger partial charge on any atom is 0.413 e. The van der Waals surface area contributed by atoms with Crippen molar-refractivity contribution in [3.63, 3.8) is 0 Å². The highest BCUT2D eigenvalue weighted by molar-refractivity contribution is 7.97. The van der Waals surface area contributed by atoms with Crippen molar-refractivity contribution >= 4 is 23.9 Å². The van der Waals surface area contributed by atoms with Crippen molar-refractivity contribution in [3.8, 4) is 17.0 Å². The number of hydrogen-bond donors (Lipinski definition) is 1. The van der Waals surface area contributed by atoms with Gasteiger partial charge in [0.2, 0.25) is 0 Å². The molecule has 0 spiro atoms. The minimum atomic E-state index is -0.637. The summed E-state index contributed by atoms with van der Waals surface area (Å²) in [6, 6.07) is 2.13. The van der Waals surface area contributed by atoms with Gasteiger partial charge in [0.05, 0.1) is 18.5 Å². The van der Waals surface area contributed by atoms with Gasteiger partial charge in [-0.15, -0.1) is 0 Å². The zero-order valence-electron chi connectivity index (χ0n) is 22.8. The van der Waals surface area contributed by atoms with Crippen LogP contribution in [0.5, 0.6) is 5.75 Å². The van der Waals surface area contributed by atoms with Crippen molar-refractivity contribution in [2.75, 3.05) is 27.7 Å². The van der Waals surface area contributed by atoms with E-state index in [1.165, 1.54) is 17.5 Å². The number of methoxy groups -OCH3 is 1.